The van der Waals surface area contributed by atoms with Gasteiger partial charge in [0.25, 0.3) is 0 Å². The van der Waals surface area contributed by atoms with E-state index in [1.54, 1.807) is 0 Å². The van der Waals surface area contributed by atoms with Crippen molar-refractivity contribution in [3.05, 3.63) is 30.1 Å². The molecule has 0 spiro atoms. The summed E-state index contributed by atoms with van der Waals surface area (Å²) in [6.45, 7) is 2.34. The molecule has 1 heterocycles. The second-order valence-electron chi connectivity index (χ2n) is 2.86. The van der Waals surface area contributed by atoms with Crippen LogP contribution in [-0.4, -0.2) is 10.8 Å². The number of aliphatic carboxylic acids is 1. The third-order valence-electron chi connectivity index (χ3n) is 1.63. The summed E-state index contributed by atoms with van der Waals surface area (Å²) in [7, 11) is 0. The number of aryl methyl sites for hydroxylation is 1. The van der Waals surface area contributed by atoms with Crippen LogP contribution in [0, 0.1) is 6.92 Å². The van der Waals surface area contributed by atoms with Crippen molar-refractivity contribution in [3.8, 4) is 0 Å². The molecule has 0 N–H and O–H groups in total. The summed E-state index contributed by atoms with van der Waals surface area (Å²) >= 11 is 3.02. The molecular weight excluding hydrogens is 234 g/mol. The Kier molecular flexibility index (Phi) is 3.42. The van der Waals surface area contributed by atoms with Crippen molar-refractivity contribution in [2.45, 2.75) is 18.3 Å². The predicted octanol–water partition coefficient (Wildman–Crippen LogP) is -0.204. The number of carboxylic acid groups (broad SMARTS) is 1. The van der Waals surface area contributed by atoms with E-state index >= 15 is 0 Å². The van der Waals surface area contributed by atoms with Crippen LogP contribution in [0.1, 0.15) is 5.56 Å². The van der Waals surface area contributed by atoms with Crippen molar-refractivity contribution in [1.82, 2.24) is 0 Å². The van der Waals surface area contributed by atoms with E-state index in [2.05, 4.69) is 15.9 Å². The van der Waals surface area contributed by atoms with Gasteiger partial charge >= 0.3 is 0 Å². The first kappa shape index (κ1) is 10.2. The van der Waals surface area contributed by atoms with Crippen LogP contribution in [0.25, 0.3) is 0 Å². The fourth-order valence-electron chi connectivity index (χ4n) is 1.03. The normalized spacial score (nSPS) is 12.5. The molecule has 0 bridgehead atoms. The number of carbonyl (C=O) groups excluding carboxylic acids is 1. The van der Waals surface area contributed by atoms with Gasteiger partial charge in [0.2, 0.25) is 0 Å². The lowest BCUT2D eigenvalue weighted by Crippen LogP contribution is -2.44. The topological polar surface area (TPSA) is 44.0 Å². The van der Waals surface area contributed by atoms with Gasteiger partial charge in [-0.15, -0.1) is 0 Å². The Morgan fingerprint density at radius 3 is 3.00 bits per heavy atom. The van der Waals surface area contributed by atoms with Crippen LogP contribution in [0.5, 0.6) is 0 Å². The minimum Gasteiger partial charge on any atom is -0.549 e. The van der Waals surface area contributed by atoms with Gasteiger partial charge in [-0.3, -0.25) is 0 Å². The Morgan fingerprint density at radius 1 is 1.77 bits per heavy atom. The minimum atomic E-state index is -1.09. The molecule has 0 radical (unpaired) electrons. The van der Waals surface area contributed by atoms with E-state index in [9.17, 15) is 9.90 Å². The molecule has 0 saturated heterocycles. The summed E-state index contributed by atoms with van der Waals surface area (Å²) < 4.78 is 1.81. The van der Waals surface area contributed by atoms with E-state index in [1.165, 1.54) is 0 Å². The lowest BCUT2D eigenvalue weighted by Gasteiger charge is -2.06. The molecule has 0 unspecified atom stereocenters. The Bertz CT molecular complexity index is 314. The number of nitrogens with zero attached hydrogens (tertiary/aromatic N) is 1. The number of aromatic nitrogens is 1. The molecule has 70 valence electrons. The van der Waals surface area contributed by atoms with Crippen molar-refractivity contribution in [3.63, 3.8) is 0 Å². The van der Waals surface area contributed by atoms with Gasteiger partial charge in [0.1, 0.15) is 4.83 Å². The fourth-order valence-corrected chi connectivity index (χ4v) is 1.36. The van der Waals surface area contributed by atoms with Crippen LogP contribution in [0.2, 0.25) is 0 Å². The van der Waals surface area contributed by atoms with E-state index < -0.39 is 10.8 Å². The molecule has 0 aliphatic heterocycles. The van der Waals surface area contributed by atoms with Crippen molar-refractivity contribution in [2.24, 2.45) is 0 Å². The van der Waals surface area contributed by atoms with Gasteiger partial charge in [0.15, 0.2) is 18.9 Å². The van der Waals surface area contributed by atoms with E-state index in [-0.39, 0.29) is 0 Å². The van der Waals surface area contributed by atoms with Crippen molar-refractivity contribution < 1.29 is 14.5 Å². The molecule has 1 aromatic heterocycles. The highest BCUT2D eigenvalue weighted by atomic mass is 79.9. The van der Waals surface area contributed by atoms with Gasteiger partial charge < -0.3 is 9.90 Å². The van der Waals surface area contributed by atoms with Crippen LogP contribution in [0.3, 0.4) is 0 Å². The molecule has 0 saturated carbocycles. The number of alkyl halides is 1. The Labute approximate surface area is 85.1 Å². The average Bonchev–Trinajstić information content (AvgIpc) is 2.04. The number of pyridine rings is 1. The van der Waals surface area contributed by atoms with Gasteiger partial charge in [-0.05, 0) is 13.0 Å². The summed E-state index contributed by atoms with van der Waals surface area (Å²) in [5.74, 6) is -1.09. The molecule has 1 rings (SSSR count). The Hall–Kier alpha value is -0.900. The maximum Gasteiger partial charge on any atom is 0.171 e. The van der Waals surface area contributed by atoms with E-state index in [4.69, 9.17) is 0 Å². The number of carboxylic acids is 1. The summed E-state index contributed by atoms with van der Waals surface area (Å²) in [4.78, 5) is 9.78. The smallest absolute Gasteiger partial charge is 0.171 e. The number of hydrogen-bond donors (Lipinski definition) is 0. The molecule has 1 aromatic rings. The zero-order valence-corrected chi connectivity index (χ0v) is 8.82. The number of carbonyl (C=O) groups is 1. The van der Waals surface area contributed by atoms with Crippen LogP contribution in [0.4, 0.5) is 0 Å². The van der Waals surface area contributed by atoms with Crippen LogP contribution in [-0.2, 0) is 11.3 Å². The number of rotatable bonds is 3. The van der Waals surface area contributed by atoms with Gasteiger partial charge in [-0.1, -0.05) is 15.9 Å². The van der Waals surface area contributed by atoms with Gasteiger partial charge in [0, 0.05) is 11.6 Å². The highest BCUT2D eigenvalue weighted by Gasteiger charge is 2.11. The first-order valence-electron chi connectivity index (χ1n) is 3.90. The number of hydrogen-bond acceptors (Lipinski definition) is 2. The largest absolute Gasteiger partial charge is 0.549 e. The summed E-state index contributed by atoms with van der Waals surface area (Å²) in [5.41, 5.74) is 1.10. The zero-order valence-electron chi connectivity index (χ0n) is 7.24. The maximum atomic E-state index is 10.4. The quantitative estimate of drug-likeness (QED) is 0.545. The average molecular weight is 244 g/mol. The fraction of sp³-hybridized carbons (Fsp3) is 0.333. The first-order chi connectivity index (χ1) is 6.09. The molecule has 0 amide bonds. The third-order valence-corrected chi connectivity index (χ3v) is 2.30. The second kappa shape index (κ2) is 4.37. The summed E-state index contributed by atoms with van der Waals surface area (Å²) in [5, 5.41) is 10.4. The number of halogens is 1. The van der Waals surface area contributed by atoms with Gasteiger partial charge in [-0.25, -0.2) is 4.57 Å². The Balaban J connectivity index is 2.69. The molecule has 0 aromatic carbocycles. The second-order valence-corrected chi connectivity index (χ2v) is 3.97. The first-order valence-corrected chi connectivity index (χ1v) is 4.82. The van der Waals surface area contributed by atoms with Crippen LogP contribution < -0.4 is 9.67 Å². The molecule has 0 aliphatic carbocycles. The molecular formula is C9H10BrNO2. The monoisotopic (exact) mass is 243 g/mol. The molecule has 0 fully saturated rings. The molecule has 4 heteroatoms. The van der Waals surface area contributed by atoms with Crippen LogP contribution >= 0.6 is 15.9 Å². The molecule has 0 aliphatic rings. The van der Waals surface area contributed by atoms with Crippen LogP contribution in [0.15, 0.2) is 24.5 Å². The third kappa shape index (κ3) is 3.14. The van der Waals surface area contributed by atoms with Gasteiger partial charge in [0.05, 0.1) is 5.97 Å². The van der Waals surface area contributed by atoms with E-state index in [0.29, 0.717) is 6.54 Å². The van der Waals surface area contributed by atoms with Crippen molar-refractivity contribution in [1.29, 1.82) is 0 Å². The SMILES string of the molecule is Cc1ccc[n+](C[C@H](Br)C(=O)[O-])c1. The van der Waals surface area contributed by atoms with E-state index in [1.807, 2.05) is 36.0 Å². The predicted molar refractivity (Wildman–Crippen MR) is 49.1 cm³/mol. The highest BCUT2D eigenvalue weighted by molar-refractivity contribution is 9.10. The molecule has 13 heavy (non-hydrogen) atoms. The van der Waals surface area contributed by atoms with E-state index in [0.717, 1.165) is 5.56 Å². The summed E-state index contributed by atoms with van der Waals surface area (Å²) in [6.07, 6.45) is 3.71. The van der Waals surface area contributed by atoms with Crippen molar-refractivity contribution in [2.75, 3.05) is 0 Å². The summed E-state index contributed by atoms with van der Waals surface area (Å²) in [6, 6.07) is 3.84. The zero-order chi connectivity index (χ0) is 9.84. The van der Waals surface area contributed by atoms with Gasteiger partial charge in [-0.2, -0.15) is 0 Å². The Morgan fingerprint density at radius 2 is 2.46 bits per heavy atom. The minimum absolute atomic E-state index is 0.379. The molecule has 1 atom stereocenters. The maximum absolute atomic E-state index is 10.4. The standard InChI is InChI=1S/C9H10BrNO2/c1-7-3-2-4-11(5-7)6-8(10)9(12)13/h2-5,8H,6H2,1H3/t8-/m0/s1. The molecule has 3 nitrogen and oxygen atoms in total. The van der Waals surface area contributed by atoms with Crippen molar-refractivity contribution >= 4 is 21.9 Å². The lowest BCUT2D eigenvalue weighted by atomic mass is 10.3. The lowest BCUT2D eigenvalue weighted by molar-refractivity contribution is -0.695. The highest BCUT2D eigenvalue weighted by Crippen LogP contribution is 1.98.